The molecule has 0 unspecified atom stereocenters. The molecule has 0 fully saturated rings. The zero-order chi connectivity index (χ0) is 21.4. The maximum absolute atomic E-state index is 14.0. The summed E-state index contributed by atoms with van der Waals surface area (Å²) in [7, 11) is 1.99. The van der Waals surface area contributed by atoms with E-state index in [1.54, 1.807) is 11.3 Å². The monoisotopic (exact) mass is 448 g/mol. The van der Waals surface area contributed by atoms with Crippen LogP contribution in [-0.4, -0.2) is 19.5 Å². The second-order valence-corrected chi connectivity index (χ2v) is 8.62. The van der Waals surface area contributed by atoms with Crippen LogP contribution >= 0.6 is 22.9 Å². The van der Waals surface area contributed by atoms with Gasteiger partial charge in [-0.25, -0.2) is 19.3 Å². The molecule has 2 aromatic carbocycles. The first kappa shape index (κ1) is 19.8. The molecule has 0 atom stereocenters. The van der Waals surface area contributed by atoms with Gasteiger partial charge in [0.05, 0.1) is 26.8 Å². The summed E-state index contributed by atoms with van der Waals surface area (Å²) >= 11 is 7.89. The minimum Gasteiger partial charge on any atom is -0.337 e. The van der Waals surface area contributed by atoms with Gasteiger partial charge in [-0.3, -0.25) is 0 Å². The molecule has 5 aromatic rings. The molecule has 0 bridgehead atoms. The highest BCUT2D eigenvalue weighted by Crippen LogP contribution is 2.33. The number of nitrogens with zero attached hydrogens (tertiary/aromatic N) is 4. The summed E-state index contributed by atoms with van der Waals surface area (Å²) in [4.78, 5) is 15.2. The van der Waals surface area contributed by atoms with Crippen LogP contribution in [0.15, 0.2) is 66.2 Å². The van der Waals surface area contributed by atoms with E-state index in [0.29, 0.717) is 40.3 Å². The van der Waals surface area contributed by atoms with Gasteiger partial charge in [0.2, 0.25) is 0 Å². The first-order valence-electron chi connectivity index (χ1n) is 9.85. The number of thiophene rings is 1. The normalized spacial score (nSPS) is 11.3. The van der Waals surface area contributed by atoms with Crippen LogP contribution < -0.4 is 0 Å². The molecule has 0 aliphatic rings. The van der Waals surface area contributed by atoms with Gasteiger partial charge in [0.1, 0.15) is 17.5 Å². The number of hydrogen-bond donors (Lipinski definition) is 0. The van der Waals surface area contributed by atoms with Crippen molar-refractivity contribution in [2.75, 3.05) is 0 Å². The van der Waals surface area contributed by atoms with Crippen molar-refractivity contribution >= 4 is 33.8 Å². The van der Waals surface area contributed by atoms with Gasteiger partial charge in [-0.15, -0.1) is 11.3 Å². The van der Waals surface area contributed by atoms with Crippen molar-refractivity contribution in [3.05, 3.63) is 88.7 Å². The Morgan fingerprint density at radius 3 is 2.61 bits per heavy atom. The average Bonchev–Trinajstić information content (AvgIpc) is 3.43. The van der Waals surface area contributed by atoms with E-state index in [2.05, 4.69) is 4.98 Å². The van der Waals surface area contributed by atoms with Gasteiger partial charge in [-0.05, 0) is 23.6 Å². The van der Waals surface area contributed by atoms with E-state index < -0.39 is 5.82 Å². The fourth-order valence-corrected chi connectivity index (χ4v) is 4.60. The van der Waals surface area contributed by atoms with Crippen LogP contribution in [0.2, 0.25) is 5.02 Å². The zero-order valence-electron chi connectivity index (χ0n) is 16.7. The molecule has 5 rings (SSSR count). The molecule has 3 heterocycles. The molecule has 4 nitrogen and oxygen atoms in total. The highest BCUT2D eigenvalue weighted by atomic mass is 35.5. The minimum atomic E-state index is -0.395. The Hall–Kier alpha value is -3.09. The molecule has 31 heavy (non-hydrogen) atoms. The predicted octanol–water partition coefficient (Wildman–Crippen LogP) is 6.34. The standard InChI is InChI=1S/C24H18ClFN4S/c1-30-14-19(15-6-3-2-4-7-15)27-22(30)10-9-21-28-23-17(12-16(26)13-18(23)25)24(29-21)20-8-5-11-31-20/h2-8,11-14H,9-10H2,1H3. The van der Waals surface area contributed by atoms with Crippen LogP contribution in [0.25, 0.3) is 32.7 Å². The van der Waals surface area contributed by atoms with E-state index in [-0.39, 0.29) is 0 Å². The highest BCUT2D eigenvalue weighted by molar-refractivity contribution is 7.13. The van der Waals surface area contributed by atoms with Crippen molar-refractivity contribution in [1.82, 2.24) is 19.5 Å². The summed E-state index contributed by atoms with van der Waals surface area (Å²) in [6, 6.07) is 16.8. The van der Waals surface area contributed by atoms with Crippen LogP contribution in [-0.2, 0) is 19.9 Å². The van der Waals surface area contributed by atoms with Gasteiger partial charge >= 0.3 is 0 Å². The molecule has 154 valence electrons. The van der Waals surface area contributed by atoms with Gasteiger partial charge in [0.25, 0.3) is 0 Å². The molecule has 7 heteroatoms. The lowest BCUT2D eigenvalue weighted by atomic mass is 10.1. The number of halogens is 2. The first-order chi connectivity index (χ1) is 15.1. The molecule has 3 aromatic heterocycles. The second-order valence-electron chi connectivity index (χ2n) is 7.27. The lowest BCUT2D eigenvalue weighted by Crippen LogP contribution is -2.04. The molecule has 0 aliphatic heterocycles. The first-order valence-corrected chi connectivity index (χ1v) is 11.1. The average molecular weight is 449 g/mol. The van der Waals surface area contributed by atoms with E-state index >= 15 is 0 Å². The van der Waals surface area contributed by atoms with E-state index in [9.17, 15) is 4.39 Å². The lowest BCUT2D eigenvalue weighted by Gasteiger charge is -2.09. The molecule has 0 aliphatic carbocycles. The number of rotatable bonds is 5. The fourth-order valence-electron chi connectivity index (χ4n) is 3.62. The van der Waals surface area contributed by atoms with Crippen molar-refractivity contribution in [3.8, 4) is 21.8 Å². The Kier molecular flexibility index (Phi) is 5.26. The van der Waals surface area contributed by atoms with Gasteiger partial charge < -0.3 is 4.57 Å². The SMILES string of the molecule is Cn1cc(-c2ccccc2)nc1CCc1nc(-c2cccs2)c2cc(F)cc(Cl)c2n1. The predicted molar refractivity (Wildman–Crippen MR) is 124 cm³/mol. The molecular formula is C24H18ClFN4S. The Labute approximate surface area is 188 Å². The van der Waals surface area contributed by atoms with E-state index in [0.717, 1.165) is 22.0 Å². The maximum Gasteiger partial charge on any atom is 0.130 e. The van der Waals surface area contributed by atoms with Crippen molar-refractivity contribution < 1.29 is 4.39 Å². The number of benzene rings is 2. The van der Waals surface area contributed by atoms with Gasteiger partial charge in [-0.2, -0.15) is 0 Å². The van der Waals surface area contributed by atoms with Crippen LogP contribution in [0, 0.1) is 5.82 Å². The number of fused-ring (bicyclic) bond motifs is 1. The van der Waals surface area contributed by atoms with Gasteiger partial charge in [0.15, 0.2) is 0 Å². The third kappa shape index (κ3) is 3.96. The summed E-state index contributed by atoms with van der Waals surface area (Å²) in [5.74, 6) is 1.22. The number of imidazole rings is 1. The van der Waals surface area contributed by atoms with Crippen LogP contribution in [0.5, 0.6) is 0 Å². The summed E-state index contributed by atoms with van der Waals surface area (Å²) in [5.41, 5.74) is 3.30. The second kappa shape index (κ2) is 8.21. The van der Waals surface area contributed by atoms with Crippen LogP contribution in [0.1, 0.15) is 11.6 Å². The van der Waals surface area contributed by atoms with E-state index in [1.807, 2.05) is 65.7 Å². The summed E-state index contributed by atoms with van der Waals surface area (Å²) < 4.78 is 16.1. The Bertz CT molecular complexity index is 1360. The van der Waals surface area contributed by atoms with E-state index in [1.165, 1.54) is 12.1 Å². The summed E-state index contributed by atoms with van der Waals surface area (Å²) in [6.07, 6.45) is 3.31. The van der Waals surface area contributed by atoms with Crippen molar-refractivity contribution in [1.29, 1.82) is 0 Å². The zero-order valence-corrected chi connectivity index (χ0v) is 18.3. The quantitative estimate of drug-likeness (QED) is 0.315. The van der Waals surface area contributed by atoms with Crippen molar-refractivity contribution in [2.45, 2.75) is 12.8 Å². The Balaban J connectivity index is 1.50. The minimum absolute atomic E-state index is 0.291. The van der Waals surface area contributed by atoms with Crippen molar-refractivity contribution in [3.63, 3.8) is 0 Å². The summed E-state index contributed by atoms with van der Waals surface area (Å²) in [5, 5.41) is 2.89. The molecule has 0 amide bonds. The highest BCUT2D eigenvalue weighted by Gasteiger charge is 2.15. The van der Waals surface area contributed by atoms with Crippen molar-refractivity contribution in [2.24, 2.45) is 7.05 Å². The molecule has 0 radical (unpaired) electrons. The van der Waals surface area contributed by atoms with Crippen LogP contribution in [0.3, 0.4) is 0 Å². The third-order valence-corrected chi connectivity index (χ3v) is 6.30. The number of aryl methyl sites for hydroxylation is 3. The smallest absolute Gasteiger partial charge is 0.130 e. The fraction of sp³-hybridized carbons (Fsp3) is 0.125. The van der Waals surface area contributed by atoms with E-state index in [4.69, 9.17) is 21.6 Å². The van der Waals surface area contributed by atoms with Gasteiger partial charge in [-0.1, -0.05) is 48.0 Å². The number of aromatic nitrogens is 4. The van der Waals surface area contributed by atoms with Gasteiger partial charge in [0, 0.05) is 37.0 Å². The summed E-state index contributed by atoms with van der Waals surface area (Å²) in [6.45, 7) is 0. The molecular weight excluding hydrogens is 431 g/mol. The number of hydrogen-bond acceptors (Lipinski definition) is 4. The van der Waals surface area contributed by atoms with Crippen LogP contribution in [0.4, 0.5) is 4.39 Å². The topological polar surface area (TPSA) is 43.6 Å². The maximum atomic E-state index is 14.0. The molecule has 0 saturated heterocycles. The Morgan fingerprint density at radius 2 is 1.84 bits per heavy atom. The lowest BCUT2D eigenvalue weighted by molar-refractivity contribution is 0.629. The molecule has 0 spiro atoms. The Morgan fingerprint density at radius 1 is 1.00 bits per heavy atom. The molecule has 0 saturated carbocycles. The third-order valence-electron chi connectivity index (χ3n) is 5.13. The largest absolute Gasteiger partial charge is 0.337 e. The molecule has 0 N–H and O–H groups in total.